The topological polar surface area (TPSA) is 57.2 Å². The molecule has 0 saturated carbocycles. The molecule has 0 spiro atoms. The Labute approximate surface area is 150 Å². The van der Waals surface area contributed by atoms with E-state index in [1.54, 1.807) is 26.1 Å². The van der Waals surface area contributed by atoms with Gasteiger partial charge in [-0.1, -0.05) is 12.1 Å². The number of hydrogen-bond donors (Lipinski definition) is 1. The van der Waals surface area contributed by atoms with Crippen LogP contribution in [0.5, 0.6) is 5.75 Å². The van der Waals surface area contributed by atoms with Crippen molar-refractivity contribution >= 4 is 11.9 Å². The minimum absolute atomic E-state index is 0.0199. The number of benzene rings is 1. The van der Waals surface area contributed by atoms with Crippen LogP contribution in [0.2, 0.25) is 0 Å². The van der Waals surface area contributed by atoms with Gasteiger partial charge in [-0.15, -0.1) is 0 Å². The molecule has 2 rings (SSSR count). The Kier molecular flexibility index (Phi) is 7.57. The monoisotopic (exact) mass is 346 g/mol. The molecule has 1 aromatic carbocycles. The highest BCUT2D eigenvalue weighted by molar-refractivity contribution is 5.84. The van der Waals surface area contributed by atoms with Gasteiger partial charge in [-0.3, -0.25) is 4.79 Å². The second-order valence-electron chi connectivity index (χ2n) is 6.50. The fourth-order valence-electron chi connectivity index (χ4n) is 2.77. The van der Waals surface area contributed by atoms with Crippen LogP contribution in [-0.4, -0.2) is 69.1 Å². The van der Waals surface area contributed by atoms with Gasteiger partial charge in [0, 0.05) is 33.7 Å². The van der Waals surface area contributed by atoms with E-state index in [1.165, 1.54) is 24.8 Å². The van der Waals surface area contributed by atoms with Gasteiger partial charge in [0.15, 0.2) is 5.96 Å². The van der Waals surface area contributed by atoms with E-state index in [9.17, 15) is 4.79 Å². The van der Waals surface area contributed by atoms with E-state index in [0.29, 0.717) is 0 Å². The molecule has 25 heavy (non-hydrogen) atoms. The van der Waals surface area contributed by atoms with Crippen LogP contribution in [0, 0.1) is 0 Å². The summed E-state index contributed by atoms with van der Waals surface area (Å²) in [6.07, 6.45) is 4.53. The molecule has 1 aliphatic rings. The third-order valence-electron chi connectivity index (χ3n) is 4.37. The van der Waals surface area contributed by atoms with E-state index in [1.807, 2.05) is 12.1 Å². The zero-order valence-corrected chi connectivity index (χ0v) is 15.6. The molecule has 1 amide bonds. The molecular formula is C19H30N4O2. The number of nitrogens with one attached hydrogen (secondary N) is 1. The van der Waals surface area contributed by atoms with Crippen LogP contribution in [0.25, 0.3) is 0 Å². The number of nitrogens with zero attached hydrogens (tertiary/aromatic N) is 3. The lowest BCUT2D eigenvalue weighted by molar-refractivity contribution is -0.127. The third kappa shape index (κ3) is 6.29. The normalized spacial score (nSPS) is 15.0. The van der Waals surface area contributed by atoms with Crippen molar-refractivity contribution in [2.24, 2.45) is 4.99 Å². The van der Waals surface area contributed by atoms with Crippen LogP contribution in [0.1, 0.15) is 24.8 Å². The average Bonchev–Trinajstić information content (AvgIpc) is 2.65. The average molecular weight is 346 g/mol. The number of carbonyl (C=O) groups is 1. The summed E-state index contributed by atoms with van der Waals surface area (Å²) in [6.45, 7) is 2.99. The zero-order chi connectivity index (χ0) is 18.1. The molecule has 1 saturated heterocycles. The molecule has 6 nitrogen and oxygen atoms in total. The van der Waals surface area contributed by atoms with Crippen molar-refractivity contribution in [2.45, 2.75) is 25.7 Å². The number of rotatable bonds is 6. The summed E-state index contributed by atoms with van der Waals surface area (Å²) in [5.41, 5.74) is 1.25. The first-order chi connectivity index (χ1) is 12.1. The predicted molar refractivity (Wildman–Crippen MR) is 101 cm³/mol. The van der Waals surface area contributed by atoms with E-state index in [2.05, 4.69) is 27.3 Å². The molecule has 0 aromatic heterocycles. The lowest BCUT2D eigenvalue weighted by Crippen LogP contribution is -2.45. The van der Waals surface area contributed by atoms with Gasteiger partial charge in [-0.05, 0) is 43.4 Å². The minimum atomic E-state index is 0.0199. The first-order valence-electron chi connectivity index (χ1n) is 8.96. The van der Waals surface area contributed by atoms with Gasteiger partial charge in [-0.2, -0.15) is 0 Å². The molecule has 1 aliphatic heterocycles. The largest absolute Gasteiger partial charge is 0.497 e. The van der Waals surface area contributed by atoms with Gasteiger partial charge in [0.05, 0.1) is 7.11 Å². The van der Waals surface area contributed by atoms with E-state index in [-0.39, 0.29) is 12.5 Å². The van der Waals surface area contributed by atoms with Crippen molar-refractivity contribution in [3.05, 3.63) is 29.8 Å². The zero-order valence-electron chi connectivity index (χ0n) is 15.6. The quantitative estimate of drug-likeness (QED) is 0.630. The summed E-state index contributed by atoms with van der Waals surface area (Å²) >= 11 is 0. The molecule has 0 aliphatic carbocycles. The molecule has 1 fully saturated rings. The maximum atomic E-state index is 11.8. The maximum absolute atomic E-state index is 11.8. The number of carbonyl (C=O) groups excluding carboxylic acids is 1. The van der Waals surface area contributed by atoms with Gasteiger partial charge < -0.3 is 19.9 Å². The Morgan fingerprint density at radius 3 is 2.48 bits per heavy atom. The Hall–Kier alpha value is -2.24. The fraction of sp³-hybridized carbons (Fsp3) is 0.579. The SMILES string of the molecule is COc1ccc(CCNC(=NCC(=O)N(C)C)N2CCCCC2)cc1. The van der Waals surface area contributed by atoms with E-state index >= 15 is 0 Å². The van der Waals surface area contributed by atoms with Gasteiger partial charge >= 0.3 is 0 Å². The highest BCUT2D eigenvalue weighted by Gasteiger charge is 2.15. The van der Waals surface area contributed by atoms with E-state index < -0.39 is 0 Å². The second-order valence-corrected chi connectivity index (χ2v) is 6.50. The van der Waals surface area contributed by atoms with Crippen molar-refractivity contribution in [1.82, 2.24) is 15.1 Å². The summed E-state index contributed by atoms with van der Waals surface area (Å²) < 4.78 is 5.19. The fourth-order valence-corrected chi connectivity index (χ4v) is 2.77. The Morgan fingerprint density at radius 2 is 1.88 bits per heavy atom. The highest BCUT2D eigenvalue weighted by atomic mass is 16.5. The first kappa shape index (κ1) is 19.1. The number of likely N-dealkylation sites (tertiary alicyclic amines) is 1. The lowest BCUT2D eigenvalue weighted by atomic mass is 10.1. The van der Waals surface area contributed by atoms with Crippen molar-refractivity contribution in [2.75, 3.05) is 47.4 Å². The summed E-state index contributed by atoms with van der Waals surface area (Å²) in [4.78, 5) is 20.2. The minimum Gasteiger partial charge on any atom is -0.497 e. The lowest BCUT2D eigenvalue weighted by Gasteiger charge is -2.30. The van der Waals surface area contributed by atoms with Crippen LogP contribution in [0.4, 0.5) is 0 Å². The number of aliphatic imine (C=N–C) groups is 1. The van der Waals surface area contributed by atoms with Crippen molar-refractivity contribution in [3.8, 4) is 5.75 Å². The van der Waals surface area contributed by atoms with Crippen molar-refractivity contribution in [1.29, 1.82) is 0 Å². The van der Waals surface area contributed by atoms with Crippen LogP contribution >= 0.6 is 0 Å². The molecule has 1 N–H and O–H groups in total. The van der Waals surface area contributed by atoms with E-state index in [4.69, 9.17) is 4.74 Å². The number of ether oxygens (including phenoxy) is 1. The second kappa shape index (κ2) is 9.91. The molecule has 0 unspecified atom stereocenters. The first-order valence-corrected chi connectivity index (χ1v) is 8.96. The van der Waals surface area contributed by atoms with Crippen LogP contribution < -0.4 is 10.1 Å². The molecule has 138 valence electrons. The van der Waals surface area contributed by atoms with Crippen molar-refractivity contribution in [3.63, 3.8) is 0 Å². The number of likely N-dealkylation sites (N-methyl/N-ethyl adjacent to an activating group) is 1. The smallest absolute Gasteiger partial charge is 0.243 e. The molecule has 1 aromatic rings. The number of hydrogen-bond acceptors (Lipinski definition) is 3. The van der Waals surface area contributed by atoms with Crippen LogP contribution in [0.15, 0.2) is 29.3 Å². The third-order valence-corrected chi connectivity index (χ3v) is 4.37. The van der Waals surface area contributed by atoms with Gasteiger partial charge in [0.1, 0.15) is 12.3 Å². The van der Waals surface area contributed by atoms with Gasteiger partial charge in [0.25, 0.3) is 0 Å². The summed E-state index contributed by atoms with van der Waals surface area (Å²) in [5, 5.41) is 3.43. The Bertz CT molecular complexity index is 563. The number of piperidine rings is 1. The number of methoxy groups -OCH3 is 1. The number of guanidine groups is 1. The van der Waals surface area contributed by atoms with Crippen LogP contribution in [0.3, 0.4) is 0 Å². The molecule has 1 heterocycles. The standard InChI is InChI=1S/C19H30N4O2/c1-22(2)18(24)15-21-19(23-13-5-4-6-14-23)20-12-11-16-7-9-17(25-3)10-8-16/h7-10H,4-6,11-15H2,1-3H3,(H,20,21). The molecule has 6 heteroatoms. The molecule has 0 bridgehead atoms. The molecule has 0 atom stereocenters. The molecular weight excluding hydrogens is 316 g/mol. The highest BCUT2D eigenvalue weighted by Crippen LogP contribution is 2.12. The van der Waals surface area contributed by atoms with E-state index in [0.717, 1.165) is 37.8 Å². The van der Waals surface area contributed by atoms with Crippen molar-refractivity contribution < 1.29 is 9.53 Å². The van der Waals surface area contributed by atoms with Gasteiger partial charge in [0.2, 0.25) is 5.91 Å². The summed E-state index contributed by atoms with van der Waals surface area (Å²) in [5.74, 6) is 1.74. The Balaban J connectivity index is 1.92. The number of amides is 1. The molecule has 0 radical (unpaired) electrons. The Morgan fingerprint density at radius 1 is 1.20 bits per heavy atom. The maximum Gasteiger partial charge on any atom is 0.243 e. The van der Waals surface area contributed by atoms with Crippen LogP contribution in [-0.2, 0) is 11.2 Å². The summed E-state index contributed by atoms with van der Waals surface area (Å²) in [6, 6.07) is 8.11. The summed E-state index contributed by atoms with van der Waals surface area (Å²) in [7, 11) is 5.19. The van der Waals surface area contributed by atoms with Gasteiger partial charge in [-0.25, -0.2) is 4.99 Å². The predicted octanol–water partition coefficient (Wildman–Crippen LogP) is 1.76.